The van der Waals surface area contributed by atoms with Crippen molar-refractivity contribution in [2.24, 2.45) is 0 Å². The average Bonchev–Trinajstić information content (AvgIpc) is 3.38. The van der Waals surface area contributed by atoms with Crippen LogP contribution in [0.3, 0.4) is 0 Å². The Labute approximate surface area is 466 Å². The van der Waals surface area contributed by atoms with Crippen molar-refractivity contribution in [3.05, 3.63) is 134 Å². The second-order valence-corrected chi connectivity index (χ2v) is 22.1. The van der Waals surface area contributed by atoms with Crippen molar-refractivity contribution in [1.82, 2.24) is 5.32 Å². The number of amides is 1. The first-order chi connectivity index (χ1) is 36.9. The number of carbonyl (C=O) groups is 2. The molecule has 432 valence electrons. The first-order valence-corrected chi connectivity index (χ1v) is 31.5. The lowest BCUT2D eigenvalue weighted by Gasteiger charge is -2.30. The molecule has 0 rings (SSSR count). The molecule has 0 fully saturated rings. The second kappa shape index (κ2) is 54.5. The van der Waals surface area contributed by atoms with E-state index < -0.39 is 26.6 Å². The summed E-state index contributed by atoms with van der Waals surface area (Å²) in [6.45, 7) is 6.52. The minimum atomic E-state index is -4.73. The SMILES string of the molecule is CC/C=C\C/C=C\C/C=C\C/C=C\C/C=C\CCCCCCCC(=O)OC(/C=C/CCCCCCCCCCCCC)C(COP(=O)([O-])OCC[N+](C)(C)C)NC(=O)CC/C=C/C/C=C/C/C=C/C/C=C/C/C=C/CC. The molecule has 0 heterocycles. The van der Waals surface area contributed by atoms with Crippen molar-refractivity contribution < 1.29 is 37.3 Å². The number of nitrogens with one attached hydrogen (secondary N) is 1. The lowest BCUT2D eigenvalue weighted by molar-refractivity contribution is -0.870. The van der Waals surface area contributed by atoms with Crippen LogP contribution < -0.4 is 10.2 Å². The number of hydrogen-bond donors (Lipinski definition) is 1. The number of rotatable bonds is 52. The number of nitrogens with zero attached hydrogens (tertiary/aromatic N) is 1. The number of unbranched alkanes of at least 4 members (excludes halogenated alkanes) is 16. The fraction of sp³-hybridized carbons (Fsp3) is 0.636. The van der Waals surface area contributed by atoms with Crippen LogP contribution in [0, 0.1) is 0 Å². The Morgan fingerprint density at radius 1 is 0.474 bits per heavy atom. The number of esters is 1. The Bertz CT molecular complexity index is 1760. The summed E-state index contributed by atoms with van der Waals surface area (Å²) in [5.74, 6) is -0.670. The van der Waals surface area contributed by atoms with Gasteiger partial charge in [-0.2, -0.15) is 0 Å². The van der Waals surface area contributed by atoms with E-state index in [1.807, 2.05) is 39.4 Å². The highest BCUT2D eigenvalue weighted by atomic mass is 31.2. The maximum Gasteiger partial charge on any atom is 0.306 e. The van der Waals surface area contributed by atoms with Crippen LogP contribution >= 0.6 is 7.82 Å². The fourth-order valence-electron chi connectivity index (χ4n) is 7.77. The van der Waals surface area contributed by atoms with Gasteiger partial charge in [0.2, 0.25) is 5.91 Å². The van der Waals surface area contributed by atoms with E-state index in [-0.39, 0.29) is 31.3 Å². The van der Waals surface area contributed by atoms with E-state index in [4.69, 9.17) is 13.8 Å². The lowest BCUT2D eigenvalue weighted by atomic mass is 10.0. The molecule has 76 heavy (non-hydrogen) atoms. The predicted octanol–water partition coefficient (Wildman–Crippen LogP) is 17.9. The molecule has 0 aromatic heterocycles. The first kappa shape index (κ1) is 72.2. The highest BCUT2D eigenvalue weighted by molar-refractivity contribution is 7.45. The molecule has 0 aliphatic rings. The van der Waals surface area contributed by atoms with E-state index in [9.17, 15) is 19.0 Å². The quantitative estimate of drug-likeness (QED) is 0.0212. The number of allylic oxidation sites excluding steroid dienone is 21. The number of phosphoric ester groups is 1. The van der Waals surface area contributed by atoms with Crippen LogP contribution in [0.15, 0.2) is 134 Å². The van der Waals surface area contributed by atoms with Gasteiger partial charge in [0.15, 0.2) is 0 Å². The third-order valence-corrected chi connectivity index (χ3v) is 13.3. The smallest absolute Gasteiger partial charge is 0.306 e. The molecule has 1 amide bonds. The number of hydrogen-bond acceptors (Lipinski definition) is 7. The summed E-state index contributed by atoms with van der Waals surface area (Å²) in [7, 11) is 1.11. The van der Waals surface area contributed by atoms with Gasteiger partial charge in [0.1, 0.15) is 19.3 Å². The summed E-state index contributed by atoms with van der Waals surface area (Å²) >= 11 is 0. The Balaban J connectivity index is 5.46. The van der Waals surface area contributed by atoms with Crippen molar-refractivity contribution in [1.29, 1.82) is 0 Å². The lowest BCUT2D eigenvalue weighted by Crippen LogP contribution is -2.47. The summed E-state index contributed by atoms with van der Waals surface area (Å²) in [5.41, 5.74) is 0. The van der Waals surface area contributed by atoms with Gasteiger partial charge in [0, 0.05) is 12.8 Å². The van der Waals surface area contributed by atoms with Gasteiger partial charge in [-0.15, -0.1) is 0 Å². The van der Waals surface area contributed by atoms with Crippen molar-refractivity contribution in [2.75, 3.05) is 40.9 Å². The van der Waals surface area contributed by atoms with Crippen LogP contribution in [0.1, 0.15) is 220 Å². The minimum absolute atomic E-state index is 0.0464. The second-order valence-electron chi connectivity index (χ2n) is 20.7. The van der Waals surface area contributed by atoms with Crippen molar-refractivity contribution in [3.63, 3.8) is 0 Å². The van der Waals surface area contributed by atoms with Gasteiger partial charge in [-0.25, -0.2) is 0 Å². The standard InChI is InChI=1S/C66H111N2O7P/c1-7-10-13-16-19-22-25-28-30-32-33-34-35-36-38-41-44-47-50-53-56-59-66(70)75-64(57-54-51-48-45-42-39-27-24-21-18-15-12-9-3)63(62-74-76(71,72)73-61-60-68(4,5)6)67-65(69)58-55-52-49-46-43-40-37-31-29-26-23-20-17-14-11-8-2/h10-11,13-14,19-20,22-23,28-31,33-34,36,38,40,43,49,52,54,57,63-64H,7-9,12,15-18,21,24-27,32,35,37,39,41-42,44-48,50-51,53,55-56,58-62H2,1-6H3,(H-,67,69,71,72)/b13-10-,14-11+,22-19-,23-20+,30-28-,31-29+,34-33-,38-36-,43-40+,52-49+,57-54+. The van der Waals surface area contributed by atoms with Crippen LogP contribution in [0.2, 0.25) is 0 Å². The zero-order valence-corrected chi connectivity index (χ0v) is 50.0. The third kappa shape index (κ3) is 54.9. The highest BCUT2D eigenvalue weighted by Gasteiger charge is 2.27. The molecule has 0 aliphatic carbocycles. The Kier molecular flexibility index (Phi) is 51.7. The summed E-state index contributed by atoms with van der Waals surface area (Å²) in [6, 6.07) is -0.946. The van der Waals surface area contributed by atoms with E-state index in [2.05, 4.69) is 135 Å². The molecule has 0 saturated heterocycles. The van der Waals surface area contributed by atoms with Crippen molar-refractivity contribution in [3.8, 4) is 0 Å². The number of phosphoric acid groups is 1. The monoisotopic (exact) mass is 1070 g/mol. The molecular formula is C66H111N2O7P. The Morgan fingerprint density at radius 2 is 0.855 bits per heavy atom. The number of likely N-dealkylation sites (N-methyl/N-ethyl adjacent to an activating group) is 1. The van der Waals surface area contributed by atoms with E-state index in [0.29, 0.717) is 23.9 Å². The predicted molar refractivity (Wildman–Crippen MR) is 325 cm³/mol. The van der Waals surface area contributed by atoms with Crippen LogP contribution in [-0.2, 0) is 27.9 Å². The summed E-state index contributed by atoms with van der Waals surface area (Å²) in [5, 5.41) is 2.97. The number of quaternary nitrogens is 1. The summed E-state index contributed by atoms with van der Waals surface area (Å²) in [6.07, 6.45) is 77.2. The minimum Gasteiger partial charge on any atom is -0.756 e. The maximum atomic E-state index is 13.5. The maximum absolute atomic E-state index is 13.5. The molecular weight excluding hydrogens is 964 g/mol. The van der Waals surface area contributed by atoms with Crippen molar-refractivity contribution in [2.45, 2.75) is 232 Å². The van der Waals surface area contributed by atoms with E-state index in [1.54, 1.807) is 6.08 Å². The molecule has 10 heteroatoms. The largest absolute Gasteiger partial charge is 0.756 e. The van der Waals surface area contributed by atoms with Gasteiger partial charge in [0.05, 0.1) is 33.8 Å². The topological polar surface area (TPSA) is 114 Å². The van der Waals surface area contributed by atoms with Gasteiger partial charge < -0.3 is 28.5 Å². The van der Waals surface area contributed by atoms with Gasteiger partial charge in [0.25, 0.3) is 7.82 Å². The zero-order valence-electron chi connectivity index (χ0n) is 49.2. The normalized spacial score (nSPS) is 14.7. The average molecular weight is 1080 g/mol. The highest BCUT2D eigenvalue weighted by Crippen LogP contribution is 2.38. The first-order valence-electron chi connectivity index (χ1n) is 30.0. The molecule has 0 aliphatic heterocycles. The molecule has 9 nitrogen and oxygen atoms in total. The summed E-state index contributed by atoms with van der Waals surface area (Å²) in [4.78, 5) is 39.9. The molecule has 0 aromatic carbocycles. The van der Waals surface area contributed by atoms with Crippen molar-refractivity contribution >= 4 is 19.7 Å². The van der Waals surface area contributed by atoms with Crippen LogP contribution in [0.5, 0.6) is 0 Å². The molecule has 0 spiro atoms. The number of carbonyl (C=O) groups excluding carboxylic acids is 2. The molecule has 0 saturated carbocycles. The Morgan fingerprint density at radius 3 is 1.29 bits per heavy atom. The summed E-state index contributed by atoms with van der Waals surface area (Å²) < 4.78 is 30.2. The molecule has 0 radical (unpaired) electrons. The third-order valence-electron chi connectivity index (χ3n) is 12.3. The van der Waals surface area contributed by atoms with Gasteiger partial charge >= 0.3 is 5.97 Å². The van der Waals surface area contributed by atoms with E-state index >= 15 is 0 Å². The van der Waals surface area contributed by atoms with Gasteiger partial charge in [-0.05, 0) is 109 Å². The zero-order chi connectivity index (χ0) is 55.7. The van der Waals surface area contributed by atoms with Crippen LogP contribution in [0.25, 0.3) is 0 Å². The molecule has 0 aromatic rings. The van der Waals surface area contributed by atoms with E-state index in [1.165, 1.54) is 57.8 Å². The van der Waals surface area contributed by atoms with Gasteiger partial charge in [-0.1, -0.05) is 232 Å². The Hall–Kier alpha value is -3.85. The van der Waals surface area contributed by atoms with Crippen LogP contribution in [0.4, 0.5) is 0 Å². The van der Waals surface area contributed by atoms with Gasteiger partial charge in [-0.3, -0.25) is 14.2 Å². The molecule has 1 N–H and O–H groups in total. The van der Waals surface area contributed by atoms with E-state index in [0.717, 1.165) is 116 Å². The fourth-order valence-corrected chi connectivity index (χ4v) is 8.49. The molecule has 0 bridgehead atoms. The molecule has 3 atom stereocenters. The van der Waals surface area contributed by atoms with Crippen LogP contribution in [-0.4, -0.2) is 69.4 Å². The number of ether oxygens (including phenoxy) is 1. The molecule has 3 unspecified atom stereocenters.